The van der Waals surface area contributed by atoms with Gasteiger partial charge in [0.1, 0.15) is 0 Å². The number of aryl methyl sites for hydroxylation is 1. The van der Waals surface area contributed by atoms with E-state index in [2.05, 4.69) is 20.2 Å². The number of hydrogen-bond acceptors (Lipinski definition) is 4. The average Bonchev–Trinajstić information content (AvgIpc) is 2.62. The molecule has 0 aliphatic heterocycles. The van der Waals surface area contributed by atoms with Gasteiger partial charge in [0.2, 0.25) is 0 Å². The van der Waals surface area contributed by atoms with Gasteiger partial charge in [0.25, 0.3) is 0 Å². The monoisotopic (exact) mass is 288 g/mol. The summed E-state index contributed by atoms with van der Waals surface area (Å²) < 4.78 is 2.81. The quantitative estimate of drug-likeness (QED) is 0.556. The molecule has 0 aliphatic rings. The Bertz CT molecular complexity index is 368. The number of nitrogens with zero attached hydrogens (tertiary/aromatic N) is 5. The molecule has 5 nitrogen and oxygen atoms in total. The van der Waals surface area contributed by atoms with E-state index >= 15 is 0 Å². The number of rotatable bonds is 2. The van der Waals surface area contributed by atoms with Crippen molar-refractivity contribution in [1.29, 1.82) is 0 Å². The van der Waals surface area contributed by atoms with Gasteiger partial charge in [0.05, 0.1) is 0 Å². The van der Waals surface area contributed by atoms with E-state index in [1.807, 2.05) is 19.3 Å². The first-order valence-electron chi connectivity index (χ1n) is 3.65. The number of hydrogen-bond donors (Lipinski definition) is 0. The Labute approximate surface area is 85.8 Å². The van der Waals surface area contributed by atoms with Gasteiger partial charge in [-0.15, -0.1) is 0 Å². The van der Waals surface area contributed by atoms with Crippen LogP contribution in [-0.4, -0.2) is 23.2 Å². The molecule has 0 saturated carbocycles. The molecule has 0 spiro atoms. The van der Waals surface area contributed by atoms with Gasteiger partial charge in [-0.2, -0.15) is 0 Å². The van der Waals surface area contributed by atoms with Crippen molar-refractivity contribution in [3.05, 3.63) is 34.2 Å². The molecular weight excluding hydrogens is 281 g/mol. The van der Waals surface area contributed by atoms with Crippen LogP contribution in [0.15, 0.2) is 24.8 Å². The maximum absolute atomic E-state index is 4.11. The molecule has 0 amide bonds. The Balaban J connectivity index is 2.15. The minimum absolute atomic E-state index is 0.377. The minimum atomic E-state index is -0.377. The number of halogens is 1. The molecule has 0 atom stereocenters. The van der Waals surface area contributed by atoms with Gasteiger partial charge in [-0.25, -0.2) is 0 Å². The van der Waals surface area contributed by atoms with Crippen LogP contribution in [0, 0.1) is 10.5 Å². The summed E-state index contributed by atoms with van der Waals surface area (Å²) in [6, 6.07) is 0. The van der Waals surface area contributed by atoms with Crippen molar-refractivity contribution < 1.29 is 21.5 Å². The van der Waals surface area contributed by atoms with Crippen molar-refractivity contribution in [3.63, 3.8) is 0 Å². The van der Waals surface area contributed by atoms with Crippen molar-refractivity contribution in [3.8, 4) is 0 Å². The van der Waals surface area contributed by atoms with Crippen molar-refractivity contribution in [2.45, 2.75) is 6.92 Å². The van der Waals surface area contributed by atoms with E-state index < -0.39 is 0 Å². The van der Waals surface area contributed by atoms with Crippen LogP contribution in [0.1, 0.15) is 5.82 Å². The summed E-state index contributed by atoms with van der Waals surface area (Å²) >= 11 is -0.377. The van der Waals surface area contributed by atoms with Crippen LogP contribution in [0.4, 0.5) is 0 Å². The first-order chi connectivity index (χ1) is 6.34. The van der Waals surface area contributed by atoms with Crippen molar-refractivity contribution in [1.82, 2.24) is 23.2 Å². The Morgan fingerprint density at radius 1 is 1.15 bits per heavy atom. The van der Waals surface area contributed by atoms with Gasteiger partial charge >= 0.3 is 85.8 Å². The van der Waals surface area contributed by atoms with Gasteiger partial charge < -0.3 is 0 Å². The van der Waals surface area contributed by atoms with Crippen LogP contribution in [0.25, 0.3) is 0 Å². The molecule has 0 fully saturated rings. The van der Waals surface area contributed by atoms with Gasteiger partial charge in [0, 0.05) is 0 Å². The third kappa shape index (κ3) is 2.20. The second-order valence-electron chi connectivity index (χ2n) is 2.30. The molecule has 2 heterocycles. The van der Waals surface area contributed by atoms with Crippen LogP contribution in [0.2, 0.25) is 0 Å². The van der Waals surface area contributed by atoms with E-state index in [0.717, 1.165) is 9.39 Å². The molecule has 13 heavy (non-hydrogen) atoms. The molecule has 2 aromatic heterocycles. The van der Waals surface area contributed by atoms with E-state index in [4.69, 9.17) is 0 Å². The van der Waals surface area contributed by atoms with E-state index in [1.54, 1.807) is 15.4 Å². The molecule has 0 bridgehead atoms. The summed E-state index contributed by atoms with van der Waals surface area (Å²) in [5.74, 6) is 0.793. The molecule has 0 aromatic carbocycles. The van der Waals surface area contributed by atoms with E-state index in [0.29, 0.717) is 0 Å². The Kier molecular flexibility index (Phi) is 2.48. The van der Waals surface area contributed by atoms with E-state index in [1.165, 1.54) is 0 Å². The van der Waals surface area contributed by atoms with Crippen molar-refractivity contribution in [2.24, 2.45) is 0 Å². The predicted octanol–water partition coefficient (Wildman–Crippen LogP) is -2.90. The van der Waals surface area contributed by atoms with Gasteiger partial charge in [-0.1, -0.05) is 0 Å². The molecule has 0 aliphatic carbocycles. The van der Waals surface area contributed by atoms with Crippen LogP contribution in [-0.2, 0) is 0 Å². The van der Waals surface area contributed by atoms with Crippen molar-refractivity contribution >= 4 is 0 Å². The summed E-state index contributed by atoms with van der Waals surface area (Å²) in [5.41, 5.74) is 0. The van der Waals surface area contributed by atoms with E-state index in [-0.39, 0.29) is 21.5 Å². The van der Waals surface area contributed by atoms with Crippen LogP contribution in [0.3, 0.4) is 0 Å². The molecule has 68 valence electrons. The van der Waals surface area contributed by atoms with Crippen molar-refractivity contribution in [2.75, 3.05) is 0 Å². The number of aromatic nitrogens is 5. The zero-order chi connectivity index (χ0) is 9.10. The first kappa shape index (κ1) is 8.54. The molecule has 2 rings (SSSR count). The Morgan fingerprint density at radius 3 is 2.38 bits per heavy atom. The summed E-state index contributed by atoms with van der Waals surface area (Å²) in [6.45, 7) is 1.87. The summed E-state index contributed by atoms with van der Waals surface area (Å²) in [5, 5.41) is 8.07. The Morgan fingerprint density at radius 2 is 1.77 bits per heavy atom. The maximum atomic E-state index is 4.11. The van der Waals surface area contributed by atoms with Crippen LogP contribution < -0.4 is 21.5 Å². The third-order valence-corrected chi connectivity index (χ3v) is 3.36. The molecule has 2 aromatic rings. The molecular formula is C7H7IN5-. The fourth-order valence-electron chi connectivity index (χ4n) is 0.751. The zero-order valence-corrected chi connectivity index (χ0v) is 9.08. The van der Waals surface area contributed by atoms with Gasteiger partial charge in [0.15, 0.2) is 0 Å². The Hall–Kier alpha value is -1.05. The zero-order valence-electron chi connectivity index (χ0n) is 6.92. The molecule has 6 heteroatoms. The SMILES string of the molecule is Cc1ncc([I-]n2nccn2)cn1. The van der Waals surface area contributed by atoms with Gasteiger partial charge in [-0.05, 0) is 0 Å². The molecule has 0 radical (unpaired) electrons. The molecule has 0 unspecified atom stereocenters. The predicted molar refractivity (Wildman–Crippen MR) is 40.9 cm³/mol. The topological polar surface area (TPSA) is 56.5 Å². The summed E-state index contributed by atoms with van der Waals surface area (Å²) in [7, 11) is 0. The fraction of sp³-hybridized carbons (Fsp3) is 0.143. The van der Waals surface area contributed by atoms with E-state index in [9.17, 15) is 0 Å². The normalized spacial score (nSPS) is 10.5. The van der Waals surface area contributed by atoms with Gasteiger partial charge in [-0.3, -0.25) is 0 Å². The molecule has 0 saturated heterocycles. The van der Waals surface area contributed by atoms with Crippen LogP contribution in [0.5, 0.6) is 0 Å². The summed E-state index contributed by atoms with van der Waals surface area (Å²) in [4.78, 5) is 8.21. The molecule has 0 N–H and O–H groups in total. The first-order valence-corrected chi connectivity index (χ1v) is 5.69. The standard InChI is InChI=1S/C7H7IN5/c1-6-9-4-7(5-10-6)8-13-11-2-3-12-13/h2-5H,1H3/q-1. The fourth-order valence-corrected chi connectivity index (χ4v) is 2.31. The summed E-state index contributed by atoms with van der Waals surface area (Å²) in [6.07, 6.45) is 7.02. The average molecular weight is 288 g/mol. The second kappa shape index (κ2) is 3.77. The second-order valence-corrected chi connectivity index (χ2v) is 4.89. The third-order valence-electron chi connectivity index (χ3n) is 1.31. The van der Waals surface area contributed by atoms with Crippen LogP contribution >= 0.6 is 0 Å².